The van der Waals surface area contributed by atoms with Gasteiger partial charge in [0.05, 0.1) is 108 Å². The van der Waals surface area contributed by atoms with E-state index in [1.165, 1.54) is 6.07 Å². The van der Waals surface area contributed by atoms with E-state index in [1.54, 1.807) is 72.8 Å². The predicted molar refractivity (Wildman–Crippen MR) is 514 cm³/mol. The molecule has 49 heteroatoms. The topological polar surface area (TPSA) is 500 Å². The Morgan fingerprint density at radius 3 is 1.04 bits per heavy atom. The van der Waals surface area contributed by atoms with Crippen molar-refractivity contribution in [2.45, 2.75) is 95.5 Å². The molecule has 8 aromatic carbocycles. The summed E-state index contributed by atoms with van der Waals surface area (Å²) in [4.78, 5) is 112. The molecular formula is C92H102Cl6N9NaO28S5. The van der Waals surface area contributed by atoms with E-state index in [2.05, 4.69) is 39.7 Å². The van der Waals surface area contributed by atoms with Gasteiger partial charge in [0, 0.05) is 163 Å². The van der Waals surface area contributed by atoms with Gasteiger partial charge in [-0.1, -0.05) is 112 Å². The van der Waals surface area contributed by atoms with E-state index in [9.17, 15) is 76.6 Å². The standard InChI is InChI=1S/C53H61Cl4N5O10S2.C23H30Cl2N2O4S.C16H12N2O11S.Na.O3S/c1-61-32-46(44-28-40(54)30-50(56)48(44)34-61)36-7-11-42(12-8-36)73(65,66)26-4-18-69-22-23-70-19-15-58-52(63)38-5-3-6-39(27-38)53(64)59-16-20-71-24-25-72-21-17-60-74(67,68)43-13-9-37(10-14-43)47-33-62(2)35-49-45(47)29-41(55)31-51(49)57;1-27-15-21(20-13-18(24)14-23(25)22(20)16-27)17-3-5-19(6-4-17)32(28,29)12-2-8-30-10-11-31-9-7-26;19-11-1-2-12(20)17(11)28-15(23)8-5-9(7-10(6-8)30(25,26)27)16(24)29-18-13(21)3-4-14(18)22;;1-4(2)3/h3,5-14,27-31,46-47,60H,4,15-26,32-35H2,1-2H3,(H,58,63)(H,59,64);3-6,13-14,21H,2,7-12,15-16,26H2,1H3;5-7H,1-4H2,(H,25,26,27);;/q;;;+1;/p-1. The summed E-state index contributed by atoms with van der Waals surface area (Å²) in [6.07, 6.45) is -0.0436. The number of fused-ring (bicyclic) bond motifs is 3. The number of sulfonamides is 1. The molecule has 141 heavy (non-hydrogen) atoms. The van der Waals surface area contributed by atoms with E-state index in [-0.39, 0.29) is 189 Å². The molecular weight excluding hydrogens is 2080 g/mol. The molecule has 5 N–H and O–H groups in total. The minimum atomic E-state index is -5.17. The molecule has 5 heterocycles. The Kier molecular flexibility index (Phi) is 45.5. The van der Waals surface area contributed by atoms with Crippen molar-refractivity contribution in [3.8, 4) is 0 Å². The van der Waals surface area contributed by atoms with Crippen molar-refractivity contribution in [1.29, 1.82) is 0 Å². The molecule has 5 aliphatic heterocycles. The molecule has 2 fully saturated rings. The van der Waals surface area contributed by atoms with Crippen molar-refractivity contribution in [2.24, 2.45) is 5.73 Å². The molecule has 0 aromatic heterocycles. The number of imide groups is 2. The monoisotopic (exact) mass is 2170 g/mol. The zero-order valence-corrected chi connectivity index (χ0v) is 87.6. The molecule has 37 nitrogen and oxygen atoms in total. The van der Waals surface area contributed by atoms with Gasteiger partial charge < -0.3 is 73.7 Å². The Morgan fingerprint density at radius 2 is 0.709 bits per heavy atom. The number of ether oxygens (including phenoxy) is 6. The van der Waals surface area contributed by atoms with Gasteiger partial charge in [-0.3, -0.25) is 28.8 Å². The number of nitrogens with one attached hydrogen (secondary N) is 3. The Hall–Kier alpha value is -8.40. The quantitative estimate of drug-likeness (QED) is 0.0136. The van der Waals surface area contributed by atoms with Crippen LogP contribution in [0.4, 0.5) is 0 Å². The molecule has 8 aromatic rings. The number of rotatable bonds is 42. The van der Waals surface area contributed by atoms with Gasteiger partial charge in [0.15, 0.2) is 19.7 Å². The fourth-order valence-electron chi connectivity index (χ4n) is 15.4. The Balaban J connectivity index is 0.000000271. The van der Waals surface area contributed by atoms with E-state index in [0.29, 0.717) is 117 Å². The third kappa shape index (κ3) is 34.6. The Bertz CT molecular complexity index is 6120. The van der Waals surface area contributed by atoms with E-state index in [0.717, 1.165) is 82.3 Å². The second-order valence-electron chi connectivity index (χ2n) is 32.4. The third-order valence-corrected chi connectivity index (χ3v) is 29.7. The molecule has 13 rings (SSSR count). The molecule has 0 radical (unpaired) electrons. The van der Waals surface area contributed by atoms with Crippen LogP contribution in [-0.2, 0) is 127 Å². The zero-order valence-electron chi connectivity index (χ0n) is 76.9. The zero-order chi connectivity index (χ0) is 102. The van der Waals surface area contributed by atoms with Crippen LogP contribution in [0, 0.1) is 0 Å². The number of sulfone groups is 2. The summed E-state index contributed by atoms with van der Waals surface area (Å²) < 4.78 is 172. The van der Waals surface area contributed by atoms with Crippen molar-refractivity contribution in [2.75, 3.05) is 158 Å². The number of nitrogens with zero attached hydrogens (tertiary/aromatic N) is 5. The number of carbonyl (C=O) groups is 8. The van der Waals surface area contributed by atoms with Crippen LogP contribution in [-0.4, -0.2) is 281 Å². The molecule has 0 saturated carbocycles. The van der Waals surface area contributed by atoms with Crippen LogP contribution in [0.1, 0.15) is 148 Å². The summed E-state index contributed by atoms with van der Waals surface area (Å²) in [6, 6.07) is 40.3. The summed E-state index contributed by atoms with van der Waals surface area (Å²) in [5.74, 6) is -6.75. The number of hydrogen-bond donors (Lipinski definition) is 4. The van der Waals surface area contributed by atoms with Crippen molar-refractivity contribution in [3.63, 3.8) is 0 Å². The average molecular weight is 2180 g/mol. The molecule has 0 spiro atoms. The van der Waals surface area contributed by atoms with Crippen molar-refractivity contribution in [3.05, 3.63) is 254 Å². The van der Waals surface area contributed by atoms with Crippen molar-refractivity contribution in [1.82, 2.24) is 40.2 Å². The van der Waals surface area contributed by atoms with Crippen LogP contribution in [0.2, 0.25) is 30.1 Å². The van der Waals surface area contributed by atoms with Crippen molar-refractivity contribution < 1.29 is 157 Å². The van der Waals surface area contributed by atoms with Gasteiger partial charge in [-0.25, -0.2) is 48.0 Å². The van der Waals surface area contributed by atoms with Gasteiger partial charge in [-0.15, -0.1) is 22.8 Å². The fraction of sp³-hybridized carbons (Fsp3) is 0.391. The van der Waals surface area contributed by atoms with Gasteiger partial charge in [0.25, 0.3) is 35.4 Å². The van der Waals surface area contributed by atoms with Gasteiger partial charge in [0.2, 0.25) is 10.0 Å². The van der Waals surface area contributed by atoms with Gasteiger partial charge in [-0.2, -0.15) is 0 Å². The van der Waals surface area contributed by atoms with Crippen LogP contribution in [0.5, 0.6) is 0 Å². The van der Waals surface area contributed by atoms with Crippen LogP contribution >= 0.6 is 69.6 Å². The minimum Gasteiger partial charge on any atom is -0.744 e. The van der Waals surface area contributed by atoms with Crippen LogP contribution in [0.15, 0.2) is 171 Å². The summed E-state index contributed by atoms with van der Waals surface area (Å²) in [5, 5.41) is 9.55. The van der Waals surface area contributed by atoms with E-state index >= 15 is 0 Å². The molecule has 0 aliphatic carbocycles. The Morgan fingerprint density at radius 1 is 0.404 bits per heavy atom. The van der Waals surface area contributed by atoms with Gasteiger partial charge in [-0.05, 0) is 193 Å². The van der Waals surface area contributed by atoms with Gasteiger partial charge >= 0.3 is 52.1 Å². The molecule has 5 aliphatic rings. The van der Waals surface area contributed by atoms with Gasteiger partial charge in [0.1, 0.15) is 10.1 Å². The summed E-state index contributed by atoms with van der Waals surface area (Å²) in [5.41, 5.74) is 13.9. The number of carbonyl (C=O) groups excluding carboxylic acids is 8. The summed E-state index contributed by atoms with van der Waals surface area (Å²) >= 11 is 38.4. The number of hydroxylamine groups is 4. The number of hydrogen-bond acceptors (Lipinski definition) is 32. The second-order valence-corrected chi connectivity index (χ2v) is 42.7. The molecule has 756 valence electrons. The molecule has 3 unspecified atom stereocenters. The normalized spacial score (nSPS) is 16.1. The maximum absolute atomic E-state index is 13.1. The first-order valence-electron chi connectivity index (χ1n) is 43.6. The minimum absolute atomic E-state index is 0. The number of nitrogens with two attached hydrogens (primary N) is 1. The maximum atomic E-state index is 13.1. The summed E-state index contributed by atoms with van der Waals surface area (Å²) in [6.45, 7) is 9.04. The molecule has 2 saturated heterocycles. The number of amides is 6. The van der Waals surface area contributed by atoms with E-state index in [4.69, 9.17) is 116 Å². The molecule has 6 amide bonds. The number of halogens is 6. The first-order chi connectivity index (χ1) is 66.5. The first-order valence-corrected chi connectivity index (χ1v) is 53.1. The summed E-state index contributed by atoms with van der Waals surface area (Å²) in [7, 11) is -12.8. The number of benzene rings is 8. The average Bonchev–Trinajstić information content (AvgIpc) is 1.42. The van der Waals surface area contributed by atoms with Crippen LogP contribution in [0.25, 0.3) is 0 Å². The van der Waals surface area contributed by atoms with Crippen LogP contribution in [0.3, 0.4) is 0 Å². The fourth-order valence-corrected chi connectivity index (χ4v) is 21.3. The third-order valence-electron chi connectivity index (χ3n) is 22.2. The first kappa shape index (κ1) is 116. The second kappa shape index (κ2) is 55.2. The Labute approximate surface area is 870 Å². The molecule has 0 bridgehead atoms. The van der Waals surface area contributed by atoms with Crippen LogP contribution < -0.4 is 50.6 Å². The molecule has 3 atom stereocenters. The van der Waals surface area contributed by atoms with Crippen molar-refractivity contribution >= 4 is 167 Å². The SMILES string of the molecule is CN1Cc2c(Cl)cc(Cl)cc2C(c2ccc(S(=O)(=O)CCCOCCOCCN)cc2)C1.CN1Cc2c(Cl)cc(Cl)cc2C(c2ccc(S(=O)(=O)CCCOCCOCCNC(=O)c3cccc(C(=O)NCCOCCOCCNS(=O)(=O)c4ccc(C5CN(C)Cc6c(Cl)cc(Cl)cc65)cc4)c3)cc2)C1.O=C(ON1C(=O)CCC1=O)c1cc(C(=O)ON2C(=O)CCC2=O)cc(S(=O)(=O)[O-])c1.O=S(=O)=O.[Na+]. The van der Waals surface area contributed by atoms with E-state index < -0.39 is 102 Å². The number of likely N-dealkylation sites (N-methyl/N-ethyl adjacent to an activating group) is 3. The largest absolute Gasteiger partial charge is 1.00 e. The predicted octanol–water partition coefficient (Wildman–Crippen LogP) is 6.58. The smallest absolute Gasteiger partial charge is 0.744 e. The van der Waals surface area contributed by atoms with E-state index in [1.807, 2.05) is 75.7 Å². The maximum Gasteiger partial charge on any atom is 1.00 e.